The van der Waals surface area contributed by atoms with E-state index in [9.17, 15) is 8.42 Å². The fourth-order valence-corrected chi connectivity index (χ4v) is 5.13. The zero-order chi connectivity index (χ0) is 14.8. The molecule has 2 unspecified atom stereocenters. The average molecular weight is 318 g/mol. The molecule has 0 aromatic heterocycles. The summed E-state index contributed by atoms with van der Waals surface area (Å²) < 4.78 is 29.8. The van der Waals surface area contributed by atoms with Crippen molar-refractivity contribution >= 4 is 21.4 Å². The number of ether oxygens (including phenoxy) is 1. The standard InChI is InChI=1S/C14H20ClNO3S/c1-16-14(13-5-3-4-8-20(13,17)18)10-6-7-11(15)12(9-10)19-2/h6-7,9,13-14,16H,3-5,8H2,1-2H3. The molecular weight excluding hydrogens is 298 g/mol. The Labute approximate surface area is 125 Å². The van der Waals surface area contributed by atoms with Crippen LogP contribution in [0.1, 0.15) is 30.9 Å². The van der Waals surface area contributed by atoms with Crippen LogP contribution in [-0.2, 0) is 9.84 Å². The zero-order valence-corrected chi connectivity index (χ0v) is 13.3. The Morgan fingerprint density at radius 3 is 2.75 bits per heavy atom. The van der Waals surface area contributed by atoms with E-state index in [2.05, 4.69) is 5.32 Å². The second-order valence-electron chi connectivity index (χ2n) is 5.06. The predicted molar refractivity (Wildman–Crippen MR) is 81.2 cm³/mol. The van der Waals surface area contributed by atoms with Gasteiger partial charge in [0.05, 0.1) is 23.1 Å². The number of rotatable bonds is 4. The van der Waals surface area contributed by atoms with Gasteiger partial charge in [0.1, 0.15) is 5.75 Å². The molecule has 1 aliphatic heterocycles. The minimum atomic E-state index is -3.05. The van der Waals surface area contributed by atoms with Gasteiger partial charge < -0.3 is 10.1 Å². The average Bonchev–Trinajstić information content (AvgIpc) is 2.42. The second-order valence-corrected chi connectivity index (χ2v) is 7.81. The Morgan fingerprint density at radius 1 is 1.40 bits per heavy atom. The summed E-state index contributed by atoms with van der Waals surface area (Å²) in [5.74, 6) is 0.846. The molecule has 1 aromatic rings. The van der Waals surface area contributed by atoms with Gasteiger partial charge in [-0.05, 0) is 37.6 Å². The first-order valence-electron chi connectivity index (χ1n) is 6.72. The minimum Gasteiger partial charge on any atom is -0.495 e. The Kier molecular flexibility index (Phi) is 4.94. The van der Waals surface area contributed by atoms with Crippen LogP contribution in [-0.4, -0.2) is 33.6 Å². The van der Waals surface area contributed by atoms with Crippen LogP contribution in [0.4, 0.5) is 0 Å². The summed E-state index contributed by atoms with van der Waals surface area (Å²) in [6, 6.07) is 5.19. The summed E-state index contributed by atoms with van der Waals surface area (Å²) in [5, 5.41) is 3.28. The van der Waals surface area contributed by atoms with Gasteiger partial charge in [0.2, 0.25) is 0 Å². The Bertz CT molecular complexity index is 574. The fourth-order valence-electron chi connectivity index (χ4n) is 2.79. The van der Waals surface area contributed by atoms with E-state index in [1.807, 2.05) is 12.1 Å². The van der Waals surface area contributed by atoms with Crippen molar-refractivity contribution in [2.45, 2.75) is 30.6 Å². The van der Waals surface area contributed by atoms with Crippen molar-refractivity contribution < 1.29 is 13.2 Å². The van der Waals surface area contributed by atoms with E-state index in [1.165, 1.54) is 0 Å². The van der Waals surface area contributed by atoms with Crippen molar-refractivity contribution in [1.82, 2.24) is 5.32 Å². The van der Waals surface area contributed by atoms with Gasteiger partial charge in [0.15, 0.2) is 9.84 Å². The molecule has 0 saturated carbocycles. The summed E-state index contributed by atoms with van der Waals surface area (Å²) in [5.41, 5.74) is 0.893. The van der Waals surface area contributed by atoms with Crippen LogP contribution < -0.4 is 10.1 Å². The highest BCUT2D eigenvalue weighted by Crippen LogP contribution is 2.34. The molecule has 1 N–H and O–H groups in total. The topological polar surface area (TPSA) is 55.4 Å². The third-order valence-corrected chi connectivity index (χ3v) is 6.45. The normalized spacial score (nSPS) is 23.2. The van der Waals surface area contributed by atoms with Gasteiger partial charge in [-0.15, -0.1) is 0 Å². The summed E-state index contributed by atoms with van der Waals surface area (Å²) in [7, 11) is 0.291. The van der Waals surface area contributed by atoms with Crippen molar-refractivity contribution in [2.24, 2.45) is 0 Å². The molecule has 0 bridgehead atoms. The van der Waals surface area contributed by atoms with Crippen LogP contribution >= 0.6 is 11.6 Å². The van der Waals surface area contributed by atoms with Gasteiger partial charge >= 0.3 is 0 Å². The predicted octanol–water partition coefficient (Wildman–Crippen LogP) is 2.58. The summed E-state index contributed by atoms with van der Waals surface area (Å²) in [4.78, 5) is 0. The molecule has 0 aliphatic carbocycles. The molecular formula is C14H20ClNO3S. The first-order valence-corrected chi connectivity index (χ1v) is 8.81. The van der Waals surface area contributed by atoms with Crippen LogP contribution in [0.15, 0.2) is 18.2 Å². The maximum Gasteiger partial charge on any atom is 0.155 e. The van der Waals surface area contributed by atoms with E-state index in [0.29, 0.717) is 17.2 Å². The monoisotopic (exact) mass is 317 g/mol. The van der Waals surface area contributed by atoms with Crippen molar-refractivity contribution in [1.29, 1.82) is 0 Å². The molecule has 1 aliphatic rings. The lowest BCUT2D eigenvalue weighted by atomic mass is 9.99. The largest absolute Gasteiger partial charge is 0.495 e. The van der Waals surface area contributed by atoms with Gasteiger partial charge in [-0.2, -0.15) is 0 Å². The van der Waals surface area contributed by atoms with E-state index in [-0.39, 0.29) is 17.0 Å². The fraction of sp³-hybridized carbons (Fsp3) is 0.571. The molecule has 1 aromatic carbocycles. The van der Waals surface area contributed by atoms with Crippen LogP contribution in [0.3, 0.4) is 0 Å². The minimum absolute atomic E-state index is 0.230. The van der Waals surface area contributed by atoms with Crippen LogP contribution in [0, 0.1) is 0 Å². The van der Waals surface area contributed by atoms with Crippen molar-refractivity contribution in [3.8, 4) is 5.75 Å². The third-order valence-electron chi connectivity index (χ3n) is 3.85. The van der Waals surface area contributed by atoms with Crippen LogP contribution in [0.5, 0.6) is 5.75 Å². The second kappa shape index (κ2) is 6.33. The number of sulfone groups is 1. The number of benzene rings is 1. The zero-order valence-electron chi connectivity index (χ0n) is 11.7. The van der Waals surface area contributed by atoms with Gasteiger partial charge in [0.25, 0.3) is 0 Å². The highest BCUT2D eigenvalue weighted by molar-refractivity contribution is 7.92. The molecule has 2 rings (SSSR count). The van der Waals surface area contributed by atoms with Gasteiger partial charge in [-0.1, -0.05) is 24.1 Å². The Hall–Kier alpha value is -0.780. The molecule has 4 nitrogen and oxygen atoms in total. The van der Waals surface area contributed by atoms with Gasteiger partial charge in [0, 0.05) is 6.04 Å². The van der Waals surface area contributed by atoms with E-state index in [0.717, 1.165) is 18.4 Å². The number of halogens is 1. The van der Waals surface area contributed by atoms with Crippen molar-refractivity contribution in [2.75, 3.05) is 19.9 Å². The van der Waals surface area contributed by atoms with E-state index in [1.54, 1.807) is 20.2 Å². The SMILES string of the molecule is CNC(c1ccc(Cl)c(OC)c1)C1CCCCS1(=O)=O. The van der Waals surface area contributed by atoms with Crippen LogP contribution in [0.2, 0.25) is 5.02 Å². The molecule has 0 radical (unpaired) electrons. The molecule has 1 heterocycles. The van der Waals surface area contributed by atoms with E-state index < -0.39 is 9.84 Å². The van der Waals surface area contributed by atoms with Gasteiger partial charge in [-0.25, -0.2) is 8.42 Å². The molecule has 1 fully saturated rings. The Balaban J connectivity index is 2.37. The van der Waals surface area contributed by atoms with Crippen molar-refractivity contribution in [3.63, 3.8) is 0 Å². The lowest BCUT2D eigenvalue weighted by Gasteiger charge is -2.30. The van der Waals surface area contributed by atoms with Gasteiger partial charge in [-0.3, -0.25) is 0 Å². The molecule has 6 heteroatoms. The number of nitrogens with one attached hydrogen (secondary N) is 1. The summed E-state index contributed by atoms with van der Waals surface area (Å²) in [6.45, 7) is 0. The first kappa shape index (κ1) is 15.6. The molecule has 2 atom stereocenters. The molecule has 1 saturated heterocycles. The Morgan fingerprint density at radius 2 is 2.15 bits per heavy atom. The molecule has 112 valence electrons. The highest BCUT2D eigenvalue weighted by Gasteiger charge is 2.35. The lowest BCUT2D eigenvalue weighted by Crippen LogP contribution is -2.39. The highest BCUT2D eigenvalue weighted by atomic mass is 35.5. The maximum atomic E-state index is 12.3. The number of hydrogen-bond acceptors (Lipinski definition) is 4. The summed E-state index contributed by atoms with van der Waals surface area (Å²) in [6.07, 6.45) is 2.41. The smallest absolute Gasteiger partial charge is 0.155 e. The maximum absolute atomic E-state index is 12.3. The van der Waals surface area contributed by atoms with E-state index >= 15 is 0 Å². The number of hydrogen-bond donors (Lipinski definition) is 1. The first-order chi connectivity index (χ1) is 9.49. The van der Waals surface area contributed by atoms with Crippen LogP contribution in [0.25, 0.3) is 0 Å². The number of methoxy groups -OCH3 is 1. The van der Waals surface area contributed by atoms with E-state index in [4.69, 9.17) is 16.3 Å². The quantitative estimate of drug-likeness (QED) is 0.927. The molecule has 0 spiro atoms. The molecule has 0 amide bonds. The summed E-state index contributed by atoms with van der Waals surface area (Å²) >= 11 is 6.02. The van der Waals surface area contributed by atoms with Crippen molar-refractivity contribution in [3.05, 3.63) is 28.8 Å². The lowest BCUT2D eigenvalue weighted by molar-refractivity contribution is 0.412. The third kappa shape index (κ3) is 3.10. The molecule has 20 heavy (non-hydrogen) atoms.